The predicted molar refractivity (Wildman–Crippen MR) is 171 cm³/mol. The lowest BCUT2D eigenvalue weighted by molar-refractivity contribution is -0.272. The molecule has 0 radical (unpaired) electrons. The minimum absolute atomic E-state index is 0.0501. The summed E-state index contributed by atoms with van der Waals surface area (Å²) in [6, 6.07) is 0. The van der Waals surface area contributed by atoms with Crippen LogP contribution >= 0.6 is 0 Å². The van der Waals surface area contributed by atoms with E-state index in [1.807, 2.05) is 0 Å². The first-order chi connectivity index (χ1) is 20.5. The van der Waals surface area contributed by atoms with E-state index in [2.05, 4.69) is 66.0 Å². The van der Waals surface area contributed by atoms with Crippen LogP contribution in [0.5, 0.6) is 0 Å². The Morgan fingerprint density at radius 2 is 1.80 bits per heavy atom. The third-order valence-electron chi connectivity index (χ3n) is 12.4. The maximum atomic E-state index is 13.5. The van der Waals surface area contributed by atoms with Crippen molar-refractivity contribution < 1.29 is 34.3 Å². The highest BCUT2D eigenvalue weighted by Gasteiger charge is 2.65. The second-order valence-corrected chi connectivity index (χ2v) is 15.6. The summed E-state index contributed by atoms with van der Waals surface area (Å²) < 4.78 is 6.12. The summed E-state index contributed by atoms with van der Waals surface area (Å²) in [6.45, 7) is 21.3. The number of carbonyl (C=O) groups is 2. The highest BCUT2D eigenvalue weighted by molar-refractivity contribution is 5.82. The number of hydrogen-bond donors (Lipinski definition) is 2. The fraction of sp³-hybridized carbons (Fsp3) is 0.784. The molecule has 248 valence electrons. The van der Waals surface area contributed by atoms with Crippen LogP contribution in [0.2, 0.25) is 0 Å². The van der Waals surface area contributed by atoms with Crippen molar-refractivity contribution in [3.8, 4) is 0 Å². The summed E-state index contributed by atoms with van der Waals surface area (Å²) in [7, 11) is 1.45. The molecule has 0 amide bonds. The minimum atomic E-state index is -0.983. The summed E-state index contributed by atoms with van der Waals surface area (Å²) in [5.74, 6) is 0.227. The van der Waals surface area contributed by atoms with Crippen molar-refractivity contribution in [2.45, 2.75) is 125 Å². The topological polar surface area (TPSA) is 102 Å². The minimum Gasteiger partial charge on any atom is -0.458 e. The van der Waals surface area contributed by atoms with E-state index >= 15 is 0 Å². The largest absolute Gasteiger partial charge is 0.458 e. The fourth-order valence-electron chi connectivity index (χ4n) is 10.2. The SMILES string of the molecule is C=C(CC[C@@H](C)[C@H]1CC=C2C3=C(C(O)C(OC(C)=O)C21C)C1(C)CC(O)C(C(=O)CCCOOC)C(C)(C)C1CC3)C(C)C. The van der Waals surface area contributed by atoms with Crippen LogP contribution in [0.4, 0.5) is 0 Å². The van der Waals surface area contributed by atoms with Gasteiger partial charge in [-0.2, -0.15) is 0 Å². The second kappa shape index (κ2) is 13.1. The van der Waals surface area contributed by atoms with Crippen LogP contribution in [-0.2, 0) is 24.1 Å². The van der Waals surface area contributed by atoms with Gasteiger partial charge in [0.25, 0.3) is 0 Å². The van der Waals surface area contributed by atoms with Gasteiger partial charge in [0.15, 0.2) is 0 Å². The third kappa shape index (κ3) is 5.91. The van der Waals surface area contributed by atoms with Crippen LogP contribution in [-0.4, -0.2) is 54.0 Å². The van der Waals surface area contributed by atoms with Crippen LogP contribution in [0, 0.1) is 45.8 Å². The third-order valence-corrected chi connectivity index (χ3v) is 12.4. The van der Waals surface area contributed by atoms with Crippen molar-refractivity contribution in [2.24, 2.45) is 45.8 Å². The number of esters is 1. The summed E-state index contributed by atoms with van der Waals surface area (Å²) in [4.78, 5) is 35.8. The number of aliphatic hydroxyl groups is 2. The molecule has 1 fully saturated rings. The smallest absolute Gasteiger partial charge is 0.303 e. The number of ether oxygens (including phenoxy) is 1. The lowest BCUT2D eigenvalue weighted by Gasteiger charge is -2.62. The first kappa shape index (κ1) is 35.1. The van der Waals surface area contributed by atoms with Crippen molar-refractivity contribution in [3.63, 3.8) is 0 Å². The molecule has 0 saturated heterocycles. The number of aliphatic hydroxyl groups excluding tert-OH is 2. The number of fused-ring (bicyclic) bond motifs is 4. The number of rotatable bonds is 12. The molecule has 0 aliphatic heterocycles. The first-order valence-corrected chi connectivity index (χ1v) is 16.9. The molecule has 0 aromatic heterocycles. The summed E-state index contributed by atoms with van der Waals surface area (Å²) >= 11 is 0. The lowest BCUT2D eigenvalue weighted by Crippen LogP contribution is -2.62. The Hall–Kier alpha value is -1.80. The molecule has 7 unspecified atom stereocenters. The molecule has 9 atom stereocenters. The Labute approximate surface area is 265 Å². The monoisotopic (exact) mass is 614 g/mol. The molecule has 1 saturated carbocycles. The Morgan fingerprint density at radius 1 is 1.11 bits per heavy atom. The molecule has 7 nitrogen and oxygen atoms in total. The molecule has 4 aliphatic carbocycles. The van der Waals surface area contributed by atoms with Crippen molar-refractivity contribution in [1.29, 1.82) is 0 Å². The Kier molecular flexibility index (Phi) is 10.5. The van der Waals surface area contributed by atoms with Gasteiger partial charge < -0.3 is 14.9 Å². The lowest BCUT2D eigenvalue weighted by atomic mass is 9.43. The molecule has 4 rings (SSSR count). The van der Waals surface area contributed by atoms with Gasteiger partial charge >= 0.3 is 5.97 Å². The van der Waals surface area contributed by atoms with E-state index in [0.717, 1.165) is 37.7 Å². The Bertz CT molecular complexity index is 1180. The Morgan fingerprint density at radius 3 is 2.41 bits per heavy atom. The van der Waals surface area contributed by atoms with E-state index in [1.165, 1.54) is 30.8 Å². The highest BCUT2D eigenvalue weighted by Crippen LogP contribution is 2.68. The molecular formula is C37H58O7. The van der Waals surface area contributed by atoms with Gasteiger partial charge in [-0.15, -0.1) is 0 Å². The van der Waals surface area contributed by atoms with Gasteiger partial charge in [0.05, 0.1) is 19.8 Å². The van der Waals surface area contributed by atoms with E-state index in [4.69, 9.17) is 9.62 Å². The highest BCUT2D eigenvalue weighted by atomic mass is 17.2. The van der Waals surface area contributed by atoms with Gasteiger partial charge in [-0.25, -0.2) is 9.78 Å². The van der Waals surface area contributed by atoms with Crippen molar-refractivity contribution in [1.82, 2.24) is 0 Å². The molecule has 4 aliphatic rings. The van der Waals surface area contributed by atoms with Gasteiger partial charge in [0.2, 0.25) is 0 Å². The number of carbonyl (C=O) groups excluding carboxylic acids is 2. The normalized spacial score (nSPS) is 36.7. The number of Topliss-reactive ketones (excluding diaryl/α,β-unsaturated/α-hetero) is 1. The number of hydrogen-bond acceptors (Lipinski definition) is 7. The molecule has 44 heavy (non-hydrogen) atoms. The maximum Gasteiger partial charge on any atom is 0.303 e. The quantitative estimate of drug-likeness (QED) is 0.0809. The van der Waals surface area contributed by atoms with Gasteiger partial charge in [-0.1, -0.05) is 66.7 Å². The van der Waals surface area contributed by atoms with Gasteiger partial charge in [-0.3, -0.25) is 9.59 Å². The second-order valence-electron chi connectivity index (χ2n) is 15.6. The Balaban J connectivity index is 1.71. The molecule has 2 N–H and O–H groups in total. The van der Waals surface area contributed by atoms with Crippen molar-refractivity contribution in [3.05, 3.63) is 34.9 Å². The molecule has 7 heteroatoms. The van der Waals surface area contributed by atoms with E-state index in [0.29, 0.717) is 37.7 Å². The average molecular weight is 615 g/mol. The molecule has 0 bridgehead atoms. The van der Waals surface area contributed by atoms with Gasteiger partial charge in [0.1, 0.15) is 18.0 Å². The van der Waals surface area contributed by atoms with Crippen LogP contribution < -0.4 is 0 Å². The molecule has 0 spiro atoms. The fourth-order valence-corrected chi connectivity index (χ4v) is 10.2. The summed E-state index contributed by atoms with van der Waals surface area (Å²) in [5, 5.41) is 24.0. The van der Waals surface area contributed by atoms with E-state index < -0.39 is 46.4 Å². The molecule has 0 aromatic carbocycles. The van der Waals surface area contributed by atoms with Gasteiger partial charge in [-0.05, 0) is 96.2 Å². The average Bonchev–Trinajstić information content (AvgIpc) is 3.28. The van der Waals surface area contributed by atoms with Gasteiger partial charge in [0, 0.05) is 24.7 Å². The zero-order valence-electron chi connectivity index (χ0n) is 28.7. The zero-order valence-corrected chi connectivity index (χ0v) is 28.7. The maximum absolute atomic E-state index is 13.5. The van der Waals surface area contributed by atoms with E-state index in [-0.39, 0.29) is 17.6 Å². The molecule has 0 aromatic rings. The van der Waals surface area contributed by atoms with Crippen LogP contribution in [0.1, 0.15) is 107 Å². The number of ketones is 1. The van der Waals surface area contributed by atoms with Crippen molar-refractivity contribution in [2.75, 3.05) is 13.7 Å². The standard InChI is InChI=1S/C37H58O7/c1-21(2)22(3)13-14-23(4)26-16-17-27-25-15-18-30-35(6,7)32(28(39)12-11-19-43-42-10)29(40)20-36(30,8)31(25)33(41)34(37(26,27)9)44-24(5)38/h17,21,23,26,29-30,32-34,40-41H,3,11-16,18-20H2,1-2,4-10H3/t23-,26-,29?,30?,32?,33?,34?,36?,37?/m1/s1. The summed E-state index contributed by atoms with van der Waals surface area (Å²) in [6.07, 6.45) is 5.54. The molecule has 0 heterocycles. The van der Waals surface area contributed by atoms with Crippen LogP contribution in [0.3, 0.4) is 0 Å². The first-order valence-electron chi connectivity index (χ1n) is 16.9. The predicted octanol–water partition coefficient (Wildman–Crippen LogP) is 6.92. The van der Waals surface area contributed by atoms with Crippen LogP contribution in [0.15, 0.2) is 34.9 Å². The van der Waals surface area contributed by atoms with E-state index in [9.17, 15) is 19.8 Å². The zero-order chi connectivity index (χ0) is 32.8. The summed E-state index contributed by atoms with van der Waals surface area (Å²) in [5.41, 5.74) is 3.00. The number of allylic oxidation sites excluding steroid dienone is 3. The van der Waals surface area contributed by atoms with Crippen molar-refractivity contribution >= 4 is 11.8 Å². The molecular weight excluding hydrogens is 556 g/mol. The van der Waals surface area contributed by atoms with E-state index in [1.54, 1.807) is 0 Å². The van der Waals surface area contributed by atoms with Crippen LogP contribution in [0.25, 0.3) is 0 Å².